The van der Waals surface area contributed by atoms with E-state index in [0.717, 1.165) is 22.6 Å². The fourth-order valence-corrected chi connectivity index (χ4v) is 1.71. The van der Waals surface area contributed by atoms with Crippen molar-refractivity contribution in [2.45, 2.75) is 20.4 Å². The lowest BCUT2D eigenvalue weighted by molar-refractivity contribution is 0.868. The van der Waals surface area contributed by atoms with E-state index in [1.807, 2.05) is 50.1 Å². The van der Waals surface area contributed by atoms with Gasteiger partial charge in [-0.15, -0.1) is 5.10 Å². The highest BCUT2D eigenvalue weighted by Crippen LogP contribution is 2.23. The van der Waals surface area contributed by atoms with Gasteiger partial charge in [0.2, 0.25) is 5.95 Å². The number of nitrogens with zero attached hydrogens (tertiary/aromatic N) is 4. The summed E-state index contributed by atoms with van der Waals surface area (Å²) < 4.78 is 0. The largest absolute Gasteiger partial charge is 0.326 e. The minimum atomic E-state index is 0.485. The van der Waals surface area contributed by atoms with Crippen molar-refractivity contribution in [3.63, 3.8) is 0 Å². The number of anilines is 2. The molecule has 0 bridgehead atoms. The molecule has 2 aromatic rings. The van der Waals surface area contributed by atoms with Crippen molar-refractivity contribution in [2.75, 3.05) is 11.9 Å². The Morgan fingerprint density at radius 1 is 1.11 bits per heavy atom. The van der Waals surface area contributed by atoms with Crippen molar-refractivity contribution in [3.05, 3.63) is 41.2 Å². The zero-order valence-electron chi connectivity index (χ0n) is 10.9. The fourth-order valence-electron chi connectivity index (χ4n) is 1.71. The van der Waals surface area contributed by atoms with Gasteiger partial charge in [0.15, 0.2) is 0 Å². The molecule has 1 aromatic carbocycles. The van der Waals surface area contributed by atoms with Gasteiger partial charge >= 0.3 is 0 Å². The topological polar surface area (TPSA) is 67.9 Å². The summed E-state index contributed by atoms with van der Waals surface area (Å²) in [6.45, 7) is 4.31. The van der Waals surface area contributed by atoms with E-state index in [0.29, 0.717) is 12.5 Å². The van der Waals surface area contributed by atoms with Gasteiger partial charge in [0.1, 0.15) is 0 Å². The normalized spacial score (nSPS) is 10.4. The first-order chi connectivity index (χ1) is 8.63. The lowest BCUT2D eigenvalue weighted by atomic mass is 10.1. The van der Waals surface area contributed by atoms with Crippen molar-refractivity contribution >= 4 is 11.6 Å². The SMILES string of the molecule is Cc1nnc(N(C)c2ccccc2CN)nc1C. The Morgan fingerprint density at radius 3 is 2.50 bits per heavy atom. The second-order valence-electron chi connectivity index (χ2n) is 4.17. The summed E-state index contributed by atoms with van der Waals surface area (Å²) in [5.74, 6) is 0.582. The van der Waals surface area contributed by atoms with Crippen LogP contribution in [-0.4, -0.2) is 22.2 Å². The number of benzene rings is 1. The summed E-state index contributed by atoms with van der Waals surface area (Å²) in [6.07, 6.45) is 0. The molecule has 0 spiro atoms. The zero-order chi connectivity index (χ0) is 13.1. The maximum absolute atomic E-state index is 5.74. The molecule has 94 valence electrons. The van der Waals surface area contributed by atoms with Crippen molar-refractivity contribution in [1.82, 2.24) is 15.2 Å². The van der Waals surface area contributed by atoms with Gasteiger partial charge in [0.25, 0.3) is 0 Å². The Kier molecular flexibility index (Phi) is 3.53. The van der Waals surface area contributed by atoms with Crippen molar-refractivity contribution in [1.29, 1.82) is 0 Å². The monoisotopic (exact) mass is 243 g/mol. The first kappa shape index (κ1) is 12.4. The summed E-state index contributed by atoms with van der Waals surface area (Å²) in [4.78, 5) is 6.34. The number of aromatic nitrogens is 3. The van der Waals surface area contributed by atoms with Crippen LogP contribution in [0.25, 0.3) is 0 Å². The average Bonchev–Trinajstić information content (AvgIpc) is 2.41. The number of hydrogen-bond acceptors (Lipinski definition) is 5. The highest BCUT2D eigenvalue weighted by Gasteiger charge is 2.11. The Labute approximate surface area is 107 Å². The summed E-state index contributed by atoms with van der Waals surface area (Å²) in [5.41, 5.74) is 9.53. The Hall–Kier alpha value is -2.01. The van der Waals surface area contributed by atoms with E-state index in [1.54, 1.807) is 0 Å². The number of para-hydroxylation sites is 1. The minimum Gasteiger partial charge on any atom is -0.326 e. The van der Waals surface area contributed by atoms with Gasteiger partial charge in [-0.1, -0.05) is 18.2 Å². The van der Waals surface area contributed by atoms with Gasteiger partial charge in [-0.2, -0.15) is 5.10 Å². The summed E-state index contributed by atoms with van der Waals surface area (Å²) in [5, 5.41) is 8.21. The molecule has 5 nitrogen and oxygen atoms in total. The maximum atomic E-state index is 5.74. The number of hydrogen-bond donors (Lipinski definition) is 1. The Bertz CT molecular complexity index is 553. The molecule has 2 N–H and O–H groups in total. The van der Waals surface area contributed by atoms with Gasteiger partial charge in [-0.3, -0.25) is 0 Å². The average molecular weight is 243 g/mol. The zero-order valence-corrected chi connectivity index (χ0v) is 10.9. The van der Waals surface area contributed by atoms with Crippen LogP contribution in [0.15, 0.2) is 24.3 Å². The Balaban J connectivity index is 2.41. The van der Waals surface area contributed by atoms with Crippen LogP contribution in [0.4, 0.5) is 11.6 Å². The summed E-state index contributed by atoms with van der Waals surface area (Å²) >= 11 is 0. The summed E-state index contributed by atoms with van der Waals surface area (Å²) in [7, 11) is 1.92. The molecule has 0 atom stereocenters. The molecule has 0 amide bonds. The third-order valence-electron chi connectivity index (χ3n) is 2.95. The van der Waals surface area contributed by atoms with E-state index >= 15 is 0 Å². The molecule has 1 heterocycles. The first-order valence-corrected chi connectivity index (χ1v) is 5.83. The highest BCUT2D eigenvalue weighted by molar-refractivity contribution is 5.60. The van der Waals surface area contributed by atoms with E-state index in [-0.39, 0.29) is 0 Å². The van der Waals surface area contributed by atoms with E-state index < -0.39 is 0 Å². The molecule has 0 aliphatic rings. The molecule has 0 unspecified atom stereocenters. The molecule has 0 aliphatic carbocycles. The minimum absolute atomic E-state index is 0.485. The molecule has 2 rings (SSSR count). The van der Waals surface area contributed by atoms with Crippen LogP contribution >= 0.6 is 0 Å². The van der Waals surface area contributed by atoms with Gasteiger partial charge in [-0.25, -0.2) is 4.98 Å². The summed E-state index contributed by atoms with van der Waals surface area (Å²) in [6, 6.07) is 7.94. The molecule has 0 saturated carbocycles. The lowest BCUT2D eigenvalue weighted by Crippen LogP contribution is -2.17. The van der Waals surface area contributed by atoms with E-state index in [9.17, 15) is 0 Å². The number of nitrogens with two attached hydrogens (primary N) is 1. The third kappa shape index (κ3) is 2.31. The van der Waals surface area contributed by atoms with Crippen molar-refractivity contribution in [2.24, 2.45) is 5.73 Å². The van der Waals surface area contributed by atoms with Crippen LogP contribution < -0.4 is 10.6 Å². The molecule has 1 aromatic heterocycles. The van der Waals surface area contributed by atoms with Gasteiger partial charge in [0, 0.05) is 19.3 Å². The van der Waals surface area contributed by atoms with Crippen LogP contribution in [0.2, 0.25) is 0 Å². The molecule has 0 radical (unpaired) electrons. The van der Waals surface area contributed by atoms with Crippen molar-refractivity contribution in [3.8, 4) is 0 Å². The molecular weight excluding hydrogens is 226 g/mol. The number of aryl methyl sites for hydroxylation is 2. The van der Waals surface area contributed by atoms with Crippen LogP contribution in [0.3, 0.4) is 0 Å². The van der Waals surface area contributed by atoms with Crippen LogP contribution in [0, 0.1) is 13.8 Å². The second-order valence-corrected chi connectivity index (χ2v) is 4.17. The van der Waals surface area contributed by atoms with Gasteiger partial charge < -0.3 is 10.6 Å². The molecule has 5 heteroatoms. The first-order valence-electron chi connectivity index (χ1n) is 5.83. The van der Waals surface area contributed by atoms with E-state index in [1.165, 1.54) is 0 Å². The van der Waals surface area contributed by atoms with Crippen LogP contribution in [0.1, 0.15) is 17.0 Å². The molecule has 0 saturated heterocycles. The third-order valence-corrected chi connectivity index (χ3v) is 2.95. The molecule has 0 fully saturated rings. The van der Waals surface area contributed by atoms with Crippen LogP contribution in [-0.2, 0) is 6.54 Å². The maximum Gasteiger partial charge on any atom is 0.249 e. The standard InChI is InChI=1S/C13H17N5/c1-9-10(2)16-17-13(15-9)18(3)12-7-5-4-6-11(12)8-14/h4-7H,8,14H2,1-3H3. The van der Waals surface area contributed by atoms with Crippen molar-refractivity contribution < 1.29 is 0 Å². The predicted molar refractivity (Wildman–Crippen MR) is 71.7 cm³/mol. The highest BCUT2D eigenvalue weighted by atomic mass is 15.3. The molecular formula is C13H17N5. The van der Waals surface area contributed by atoms with Crippen LogP contribution in [0.5, 0.6) is 0 Å². The Morgan fingerprint density at radius 2 is 1.83 bits per heavy atom. The lowest BCUT2D eigenvalue weighted by Gasteiger charge is -2.20. The smallest absolute Gasteiger partial charge is 0.249 e. The van der Waals surface area contributed by atoms with E-state index in [2.05, 4.69) is 15.2 Å². The molecule has 18 heavy (non-hydrogen) atoms. The second kappa shape index (κ2) is 5.10. The van der Waals surface area contributed by atoms with Gasteiger partial charge in [0.05, 0.1) is 11.4 Å². The number of rotatable bonds is 3. The van der Waals surface area contributed by atoms with E-state index in [4.69, 9.17) is 5.73 Å². The fraction of sp³-hybridized carbons (Fsp3) is 0.308. The molecule has 0 aliphatic heterocycles. The predicted octanol–water partition coefficient (Wildman–Crippen LogP) is 1.72. The van der Waals surface area contributed by atoms with Gasteiger partial charge in [-0.05, 0) is 25.5 Å². The quantitative estimate of drug-likeness (QED) is 0.889.